The Kier molecular flexibility index (Phi) is 2.21. The van der Waals surface area contributed by atoms with Crippen LogP contribution in [0.4, 0.5) is 11.4 Å². The van der Waals surface area contributed by atoms with Crippen molar-refractivity contribution in [3.63, 3.8) is 0 Å². The Bertz CT molecular complexity index is 381. The van der Waals surface area contributed by atoms with E-state index in [1.54, 1.807) is 12.1 Å². The highest BCUT2D eigenvalue weighted by atomic mass is 35.5. The summed E-state index contributed by atoms with van der Waals surface area (Å²) in [5.74, 6) is 0.563. The van der Waals surface area contributed by atoms with E-state index in [9.17, 15) is 4.79 Å². The molecule has 0 spiro atoms. The SMILES string of the molecule is Nc1cc(Cl)cc2c1OCC(C=O)N2. The van der Waals surface area contributed by atoms with Gasteiger partial charge in [-0.3, -0.25) is 0 Å². The van der Waals surface area contributed by atoms with Crippen molar-refractivity contribution in [2.24, 2.45) is 0 Å². The van der Waals surface area contributed by atoms with E-state index in [1.807, 2.05) is 0 Å². The minimum Gasteiger partial charge on any atom is -0.487 e. The molecule has 0 radical (unpaired) electrons. The van der Waals surface area contributed by atoms with Crippen LogP contribution in [0.5, 0.6) is 5.75 Å². The summed E-state index contributed by atoms with van der Waals surface area (Å²) in [6.45, 7) is 0.294. The molecule has 1 atom stereocenters. The molecule has 14 heavy (non-hydrogen) atoms. The number of carbonyl (C=O) groups is 1. The predicted molar refractivity (Wildman–Crippen MR) is 54.8 cm³/mol. The van der Waals surface area contributed by atoms with Gasteiger partial charge in [-0.25, -0.2) is 0 Å². The van der Waals surface area contributed by atoms with Crippen molar-refractivity contribution >= 4 is 29.3 Å². The Hall–Kier alpha value is -1.42. The number of nitrogens with one attached hydrogen (secondary N) is 1. The molecule has 0 saturated carbocycles. The van der Waals surface area contributed by atoms with Crippen LogP contribution in [0.1, 0.15) is 0 Å². The monoisotopic (exact) mass is 212 g/mol. The van der Waals surface area contributed by atoms with Gasteiger partial charge in [-0.1, -0.05) is 11.6 Å². The summed E-state index contributed by atoms with van der Waals surface area (Å²) in [4.78, 5) is 10.5. The number of ether oxygens (including phenoxy) is 1. The lowest BCUT2D eigenvalue weighted by molar-refractivity contribution is -0.109. The molecule has 1 aliphatic heterocycles. The van der Waals surface area contributed by atoms with E-state index in [0.717, 1.165) is 6.29 Å². The van der Waals surface area contributed by atoms with Gasteiger partial charge < -0.3 is 20.6 Å². The van der Waals surface area contributed by atoms with E-state index in [-0.39, 0.29) is 6.04 Å². The fourth-order valence-electron chi connectivity index (χ4n) is 1.37. The molecule has 0 aromatic heterocycles. The van der Waals surface area contributed by atoms with E-state index in [0.29, 0.717) is 28.8 Å². The highest BCUT2D eigenvalue weighted by molar-refractivity contribution is 6.31. The lowest BCUT2D eigenvalue weighted by Crippen LogP contribution is -2.32. The topological polar surface area (TPSA) is 64.3 Å². The van der Waals surface area contributed by atoms with Gasteiger partial charge in [-0.05, 0) is 12.1 Å². The first-order valence-electron chi connectivity index (χ1n) is 4.14. The van der Waals surface area contributed by atoms with Gasteiger partial charge in [0.15, 0.2) is 5.75 Å². The number of carbonyl (C=O) groups excluding carboxylic acids is 1. The van der Waals surface area contributed by atoms with Gasteiger partial charge in [0.1, 0.15) is 18.9 Å². The highest BCUT2D eigenvalue weighted by Gasteiger charge is 2.20. The maximum Gasteiger partial charge on any atom is 0.165 e. The Morgan fingerprint density at radius 3 is 3.14 bits per heavy atom. The van der Waals surface area contributed by atoms with Gasteiger partial charge in [0.25, 0.3) is 0 Å². The van der Waals surface area contributed by atoms with Crippen LogP contribution >= 0.6 is 11.6 Å². The molecule has 5 heteroatoms. The van der Waals surface area contributed by atoms with Gasteiger partial charge in [-0.15, -0.1) is 0 Å². The number of nitrogen functional groups attached to an aromatic ring is 1. The highest BCUT2D eigenvalue weighted by Crippen LogP contribution is 2.37. The third kappa shape index (κ3) is 1.48. The zero-order chi connectivity index (χ0) is 10.1. The largest absolute Gasteiger partial charge is 0.487 e. The molecule has 74 valence electrons. The Balaban J connectivity index is 2.41. The number of halogens is 1. The molecule has 0 aliphatic carbocycles. The third-order valence-corrected chi connectivity index (χ3v) is 2.21. The molecule has 0 amide bonds. The zero-order valence-electron chi connectivity index (χ0n) is 7.29. The molecule has 1 aliphatic rings. The van der Waals surface area contributed by atoms with Crippen LogP contribution < -0.4 is 15.8 Å². The molecular weight excluding hydrogens is 204 g/mol. The van der Waals surface area contributed by atoms with E-state index < -0.39 is 0 Å². The molecule has 0 saturated heterocycles. The second-order valence-electron chi connectivity index (χ2n) is 3.07. The van der Waals surface area contributed by atoms with Gasteiger partial charge in [0.2, 0.25) is 0 Å². The van der Waals surface area contributed by atoms with Crippen molar-refractivity contribution in [3.05, 3.63) is 17.2 Å². The van der Waals surface area contributed by atoms with Crippen molar-refractivity contribution in [3.8, 4) is 5.75 Å². The van der Waals surface area contributed by atoms with Crippen LogP contribution in [0.15, 0.2) is 12.1 Å². The van der Waals surface area contributed by atoms with E-state index in [4.69, 9.17) is 22.1 Å². The summed E-state index contributed by atoms with van der Waals surface area (Å²) < 4.78 is 5.34. The maximum atomic E-state index is 10.5. The summed E-state index contributed by atoms with van der Waals surface area (Å²) in [7, 11) is 0. The molecule has 0 bridgehead atoms. The minimum atomic E-state index is -0.333. The third-order valence-electron chi connectivity index (χ3n) is 1.99. The summed E-state index contributed by atoms with van der Waals surface area (Å²) >= 11 is 5.81. The quantitative estimate of drug-likeness (QED) is 0.544. The van der Waals surface area contributed by atoms with Crippen LogP contribution in [-0.4, -0.2) is 18.9 Å². The molecule has 1 heterocycles. The first-order valence-corrected chi connectivity index (χ1v) is 4.52. The predicted octanol–water partition coefficient (Wildman–Crippen LogP) is 1.29. The zero-order valence-corrected chi connectivity index (χ0v) is 8.04. The number of nitrogens with two attached hydrogens (primary N) is 1. The summed E-state index contributed by atoms with van der Waals surface area (Å²) in [6, 6.07) is 2.96. The molecule has 0 fully saturated rings. The van der Waals surface area contributed by atoms with Crippen molar-refractivity contribution in [2.45, 2.75) is 6.04 Å². The summed E-state index contributed by atoms with van der Waals surface area (Å²) in [6.07, 6.45) is 0.792. The van der Waals surface area contributed by atoms with E-state index in [1.165, 1.54) is 0 Å². The van der Waals surface area contributed by atoms with Crippen LogP contribution in [0.3, 0.4) is 0 Å². The average molecular weight is 213 g/mol. The number of anilines is 2. The number of fused-ring (bicyclic) bond motifs is 1. The maximum absolute atomic E-state index is 10.5. The van der Waals surface area contributed by atoms with Gasteiger partial charge in [-0.2, -0.15) is 0 Å². The van der Waals surface area contributed by atoms with Crippen LogP contribution in [-0.2, 0) is 4.79 Å². The lowest BCUT2D eigenvalue weighted by atomic mass is 10.2. The average Bonchev–Trinajstić information content (AvgIpc) is 2.16. The van der Waals surface area contributed by atoms with Crippen molar-refractivity contribution in [2.75, 3.05) is 17.7 Å². The number of hydrogen-bond donors (Lipinski definition) is 2. The molecule has 1 aromatic rings. The number of hydrogen-bond acceptors (Lipinski definition) is 4. The van der Waals surface area contributed by atoms with Crippen LogP contribution in [0.2, 0.25) is 5.02 Å². The first kappa shape index (κ1) is 9.15. The van der Waals surface area contributed by atoms with E-state index in [2.05, 4.69) is 5.32 Å². The fraction of sp³-hybridized carbons (Fsp3) is 0.222. The molecule has 1 aromatic carbocycles. The van der Waals surface area contributed by atoms with Gasteiger partial charge in [0, 0.05) is 5.02 Å². The number of aldehydes is 1. The summed E-state index contributed by atoms with van der Waals surface area (Å²) in [5, 5.41) is 3.49. The van der Waals surface area contributed by atoms with Crippen molar-refractivity contribution in [1.82, 2.24) is 0 Å². The Morgan fingerprint density at radius 1 is 1.64 bits per heavy atom. The van der Waals surface area contributed by atoms with E-state index >= 15 is 0 Å². The Labute approximate surface area is 86.0 Å². The second kappa shape index (κ2) is 3.38. The Morgan fingerprint density at radius 2 is 2.43 bits per heavy atom. The standard InChI is InChI=1S/C9H9ClN2O2/c10-5-1-7(11)9-8(2-5)12-6(3-13)4-14-9/h1-3,6,12H,4,11H2. The fourth-order valence-corrected chi connectivity index (χ4v) is 1.60. The van der Waals surface area contributed by atoms with Crippen molar-refractivity contribution in [1.29, 1.82) is 0 Å². The molecule has 3 N–H and O–H groups in total. The minimum absolute atomic E-state index is 0.294. The number of rotatable bonds is 1. The van der Waals surface area contributed by atoms with Crippen molar-refractivity contribution < 1.29 is 9.53 Å². The van der Waals surface area contributed by atoms with Gasteiger partial charge in [0.05, 0.1) is 11.4 Å². The molecular formula is C9H9ClN2O2. The molecule has 2 rings (SSSR count). The normalized spacial score (nSPS) is 19.1. The van der Waals surface area contributed by atoms with Crippen LogP contribution in [0, 0.1) is 0 Å². The summed E-state index contributed by atoms with van der Waals surface area (Å²) in [5.41, 5.74) is 6.83. The molecule has 1 unspecified atom stereocenters. The second-order valence-corrected chi connectivity index (χ2v) is 3.51. The smallest absolute Gasteiger partial charge is 0.165 e. The number of benzene rings is 1. The molecule has 4 nitrogen and oxygen atoms in total. The first-order chi connectivity index (χ1) is 6.70. The lowest BCUT2D eigenvalue weighted by Gasteiger charge is -2.25. The van der Waals surface area contributed by atoms with Crippen LogP contribution in [0.25, 0.3) is 0 Å². The van der Waals surface area contributed by atoms with Gasteiger partial charge >= 0.3 is 0 Å².